The molecule has 2 N–H and O–H groups in total. The van der Waals surface area contributed by atoms with E-state index in [2.05, 4.69) is 10.6 Å². The number of carbonyl (C=O) groups is 3. The molecule has 8 nitrogen and oxygen atoms in total. The molecule has 0 saturated carbocycles. The number of hydrogen-bond acceptors (Lipinski definition) is 5. The van der Waals surface area contributed by atoms with Gasteiger partial charge in [0.15, 0.2) is 9.84 Å². The number of sulfone groups is 1. The third kappa shape index (κ3) is 3.97. The number of amides is 4. The summed E-state index contributed by atoms with van der Waals surface area (Å²) in [4.78, 5) is 38.2. The van der Waals surface area contributed by atoms with Gasteiger partial charge in [0.25, 0.3) is 5.91 Å². The van der Waals surface area contributed by atoms with Crippen molar-refractivity contribution in [2.45, 2.75) is 17.4 Å². The summed E-state index contributed by atoms with van der Waals surface area (Å²) in [5, 5.41) is 4.93. The van der Waals surface area contributed by atoms with Crippen molar-refractivity contribution < 1.29 is 27.2 Å². The Balaban J connectivity index is 1.79. The summed E-state index contributed by atoms with van der Waals surface area (Å²) in [5.41, 5.74) is -1.04. The smallest absolute Gasteiger partial charge is 0.323 e. The van der Waals surface area contributed by atoms with Crippen LogP contribution in [-0.2, 0) is 25.0 Å². The molecule has 2 aromatic carbocycles. The van der Waals surface area contributed by atoms with E-state index in [0.717, 1.165) is 23.3 Å². The van der Waals surface area contributed by atoms with Crippen LogP contribution in [0.4, 0.5) is 14.9 Å². The first kappa shape index (κ1) is 20.5. The summed E-state index contributed by atoms with van der Waals surface area (Å²) in [6.07, 6.45) is 1.00. The average Bonchev–Trinajstić information content (AvgIpc) is 2.86. The minimum absolute atomic E-state index is 0.0494. The van der Waals surface area contributed by atoms with Crippen LogP contribution >= 0.6 is 0 Å². The van der Waals surface area contributed by atoms with Crippen molar-refractivity contribution in [1.29, 1.82) is 0 Å². The fourth-order valence-electron chi connectivity index (χ4n) is 3.05. The Hall–Kier alpha value is -3.27. The zero-order chi connectivity index (χ0) is 21.4. The van der Waals surface area contributed by atoms with E-state index in [9.17, 15) is 27.2 Å². The number of carbonyl (C=O) groups excluding carboxylic acids is 3. The van der Waals surface area contributed by atoms with Gasteiger partial charge in [0, 0.05) is 6.26 Å². The van der Waals surface area contributed by atoms with Crippen LogP contribution in [0, 0.1) is 5.82 Å². The van der Waals surface area contributed by atoms with Gasteiger partial charge in [-0.15, -0.1) is 0 Å². The minimum atomic E-state index is -3.59. The van der Waals surface area contributed by atoms with Gasteiger partial charge in [-0.2, -0.15) is 0 Å². The Morgan fingerprint density at radius 1 is 1.14 bits per heavy atom. The Morgan fingerprint density at radius 2 is 1.76 bits per heavy atom. The van der Waals surface area contributed by atoms with E-state index in [4.69, 9.17) is 0 Å². The Kier molecular flexibility index (Phi) is 5.14. The molecule has 3 rings (SSSR count). The molecule has 1 atom stereocenters. The number of imide groups is 1. The predicted octanol–water partition coefficient (Wildman–Crippen LogP) is 1.63. The van der Waals surface area contributed by atoms with Crippen molar-refractivity contribution in [2.24, 2.45) is 0 Å². The van der Waals surface area contributed by atoms with Gasteiger partial charge in [-0.25, -0.2) is 17.6 Å². The van der Waals surface area contributed by atoms with Gasteiger partial charge < -0.3 is 10.6 Å². The number of anilines is 1. The third-order valence-electron chi connectivity index (χ3n) is 4.56. The van der Waals surface area contributed by atoms with E-state index in [1.165, 1.54) is 37.3 Å². The van der Waals surface area contributed by atoms with Gasteiger partial charge in [0.05, 0.1) is 10.6 Å². The number of benzene rings is 2. The number of halogens is 1. The largest absolute Gasteiger partial charge is 0.325 e. The standard InChI is InChI=1S/C19H18FN3O5S/c1-19(12-7-9-13(20)10-8-12)17(25)23(18(26)22-19)11-16(24)21-14-5-3-4-6-15(14)29(2,27)28/h3-10H,11H2,1-2H3,(H,21,24)(H,22,26). The van der Waals surface area contributed by atoms with Crippen molar-refractivity contribution in [2.75, 3.05) is 18.1 Å². The number of para-hydroxylation sites is 1. The molecular formula is C19H18FN3O5S. The zero-order valence-electron chi connectivity index (χ0n) is 15.6. The molecule has 152 valence electrons. The van der Waals surface area contributed by atoms with Crippen LogP contribution in [-0.4, -0.2) is 44.0 Å². The predicted molar refractivity (Wildman–Crippen MR) is 102 cm³/mol. The molecule has 29 heavy (non-hydrogen) atoms. The average molecular weight is 419 g/mol. The van der Waals surface area contributed by atoms with E-state index in [1.807, 2.05) is 0 Å². The maximum absolute atomic E-state index is 13.2. The molecule has 1 heterocycles. The van der Waals surface area contributed by atoms with Gasteiger partial charge in [-0.3, -0.25) is 14.5 Å². The summed E-state index contributed by atoms with van der Waals surface area (Å²) < 4.78 is 36.9. The summed E-state index contributed by atoms with van der Waals surface area (Å²) in [5.74, 6) is -1.91. The molecule has 10 heteroatoms. The van der Waals surface area contributed by atoms with Gasteiger partial charge in [-0.05, 0) is 36.8 Å². The molecule has 1 aliphatic heterocycles. The first-order chi connectivity index (χ1) is 13.5. The van der Waals surface area contributed by atoms with E-state index in [-0.39, 0.29) is 10.6 Å². The summed E-state index contributed by atoms with van der Waals surface area (Å²) in [7, 11) is -3.59. The van der Waals surface area contributed by atoms with Crippen LogP contribution in [0.2, 0.25) is 0 Å². The van der Waals surface area contributed by atoms with E-state index >= 15 is 0 Å². The summed E-state index contributed by atoms with van der Waals surface area (Å²) >= 11 is 0. The summed E-state index contributed by atoms with van der Waals surface area (Å²) in [6, 6.07) is 10.1. The third-order valence-corrected chi connectivity index (χ3v) is 5.71. The zero-order valence-corrected chi connectivity index (χ0v) is 16.4. The maximum atomic E-state index is 13.2. The number of urea groups is 1. The lowest BCUT2D eigenvalue weighted by Crippen LogP contribution is -2.42. The van der Waals surface area contributed by atoms with Crippen LogP contribution in [0.1, 0.15) is 12.5 Å². The van der Waals surface area contributed by atoms with Gasteiger partial charge in [0.1, 0.15) is 17.9 Å². The van der Waals surface area contributed by atoms with Crippen molar-refractivity contribution in [1.82, 2.24) is 10.2 Å². The fourth-order valence-corrected chi connectivity index (χ4v) is 3.89. The van der Waals surface area contributed by atoms with Crippen molar-refractivity contribution in [3.05, 3.63) is 59.9 Å². The van der Waals surface area contributed by atoms with E-state index in [0.29, 0.717) is 5.56 Å². The Morgan fingerprint density at radius 3 is 2.38 bits per heavy atom. The minimum Gasteiger partial charge on any atom is -0.323 e. The molecule has 0 bridgehead atoms. The van der Waals surface area contributed by atoms with Crippen molar-refractivity contribution in [3.63, 3.8) is 0 Å². The second kappa shape index (κ2) is 7.28. The highest BCUT2D eigenvalue weighted by molar-refractivity contribution is 7.90. The Labute approximate surface area is 166 Å². The van der Waals surface area contributed by atoms with Crippen LogP contribution in [0.25, 0.3) is 0 Å². The molecular weight excluding hydrogens is 401 g/mol. The SMILES string of the molecule is CC1(c2ccc(F)cc2)NC(=O)N(CC(=O)Nc2ccccc2S(C)(=O)=O)C1=O. The van der Waals surface area contributed by atoms with Crippen molar-refractivity contribution >= 4 is 33.4 Å². The molecule has 1 fully saturated rings. The normalized spacial score (nSPS) is 19.2. The second-order valence-electron chi connectivity index (χ2n) is 6.77. The molecule has 1 unspecified atom stereocenters. The summed E-state index contributed by atoms with van der Waals surface area (Å²) in [6.45, 7) is 0.844. The quantitative estimate of drug-likeness (QED) is 0.716. The number of nitrogens with one attached hydrogen (secondary N) is 2. The topological polar surface area (TPSA) is 113 Å². The van der Waals surface area contributed by atoms with Crippen LogP contribution in [0.15, 0.2) is 53.4 Å². The highest BCUT2D eigenvalue weighted by Crippen LogP contribution is 2.29. The van der Waals surface area contributed by atoms with Gasteiger partial charge >= 0.3 is 6.03 Å². The first-order valence-electron chi connectivity index (χ1n) is 8.51. The van der Waals surface area contributed by atoms with E-state index in [1.54, 1.807) is 6.07 Å². The Bertz CT molecular complexity index is 1100. The van der Waals surface area contributed by atoms with Crippen LogP contribution in [0.5, 0.6) is 0 Å². The number of hydrogen-bond donors (Lipinski definition) is 2. The lowest BCUT2D eigenvalue weighted by molar-refractivity contribution is -0.133. The fraction of sp³-hybridized carbons (Fsp3) is 0.211. The lowest BCUT2D eigenvalue weighted by Gasteiger charge is -2.22. The van der Waals surface area contributed by atoms with E-state index < -0.39 is 45.6 Å². The molecule has 1 aliphatic rings. The number of nitrogens with zero attached hydrogens (tertiary/aromatic N) is 1. The maximum Gasteiger partial charge on any atom is 0.325 e. The lowest BCUT2D eigenvalue weighted by atomic mass is 9.92. The molecule has 0 spiro atoms. The first-order valence-corrected chi connectivity index (χ1v) is 10.4. The van der Waals surface area contributed by atoms with Gasteiger partial charge in [0.2, 0.25) is 5.91 Å². The molecule has 1 saturated heterocycles. The molecule has 0 aromatic heterocycles. The molecule has 2 aromatic rings. The number of rotatable bonds is 5. The molecule has 4 amide bonds. The molecule has 0 aliphatic carbocycles. The van der Waals surface area contributed by atoms with Crippen molar-refractivity contribution in [3.8, 4) is 0 Å². The van der Waals surface area contributed by atoms with Crippen LogP contribution in [0.3, 0.4) is 0 Å². The molecule has 0 radical (unpaired) electrons. The van der Waals surface area contributed by atoms with Crippen LogP contribution < -0.4 is 10.6 Å². The monoisotopic (exact) mass is 419 g/mol. The highest BCUT2D eigenvalue weighted by atomic mass is 32.2. The second-order valence-corrected chi connectivity index (χ2v) is 8.75. The highest BCUT2D eigenvalue weighted by Gasteiger charge is 2.49. The van der Waals surface area contributed by atoms with Gasteiger partial charge in [-0.1, -0.05) is 24.3 Å².